The molecule has 0 bridgehead atoms. The smallest absolute Gasteiger partial charge is 0.362 e. The second-order valence-electron chi connectivity index (χ2n) is 13.6. The molecule has 1 N–H and O–H groups in total. The van der Waals surface area contributed by atoms with Crippen LogP contribution in [0.5, 0.6) is 0 Å². The molecular weight excluding hydrogens is 618 g/mol. The summed E-state index contributed by atoms with van der Waals surface area (Å²) in [5.41, 5.74) is 0. The summed E-state index contributed by atoms with van der Waals surface area (Å²) in [7, 11) is 5.48. The van der Waals surface area contributed by atoms with Gasteiger partial charge in [0.1, 0.15) is 6.61 Å². The fourth-order valence-corrected chi connectivity index (χ4v) is 5.00. The first-order valence-corrected chi connectivity index (χ1v) is 18.9. The Hall–Kier alpha value is -2.97. The molecule has 0 aliphatic carbocycles. The van der Waals surface area contributed by atoms with Crippen molar-refractivity contribution in [2.24, 2.45) is 0 Å². The molecule has 0 saturated heterocycles. The number of carboxylic acids is 1. The number of quaternary nitrogens is 1. The van der Waals surface area contributed by atoms with Crippen molar-refractivity contribution in [3.63, 3.8) is 0 Å². The lowest BCUT2D eigenvalue weighted by Gasteiger charge is -2.31. The minimum atomic E-state index is -0.888. The Morgan fingerprint density at radius 3 is 1.73 bits per heavy atom. The largest absolute Gasteiger partial charge is 0.477 e. The molecule has 0 aliphatic rings. The zero-order valence-electron chi connectivity index (χ0n) is 31.6. The Morgan fingerprint density at radius 1 is 0.612 bits per heavy atom. The van der Waals surface area contributed by atoms with E-state index in [2.05, 4.69) is 62.5 Å². The summed E-state index contributed by atoms with van der Waals surface area (Å²) in [5, 5.41) is 9.55. The molecule has 0 fully saturated rings. The monoisotopic (exact) mass is 689 g/mol. The van der Waals surface area contributed by atoms with Crippen LogP contribution in [0.3, 0.4) is 0 Å². The first-order chi connectivity index (χ1) is 23.6. The van der Waals surface area contributed by atoms with Gasteiger partial charge in [0.25, 0.3) is 0 Å². The maximum atomic E-state index is 12.5. The third kappa shape index (κ3) is 30.8. The summed E-state index contributed by atoms with van der Waals surface area (Å²) in [6.45, 7) is 4.53. The molecule has 0 aromatic rings. The van der Waals surface area contributed by atoms with E-state index in [1.807, 2.05) is 33.3 Å². The summed E-state index contributed by atoms with van der Waals surface area (Å²) < 4.78 is 17.0. The van der Waals surface area contributed by atoms with Crippen molar-refractivity contribution in [2.45, 2.75) is 142 Å². The quantitative estimate of drug-likeness (QED) is 0.0247. The number of carbonyl (C=O) groups excluding carboxylic acids is 2. The van der Waals surface area contributed by atoms with Gasteiger partial charge in [0, 0.05) is 19.3 Å². The molecular formula is C41H70NO7+. The highest BCUT2D eigenvalue weighted by atomic mass is 16.6. The molecule has 0 spiro atoms. The van der Waals surface area contributed by atoms with Crippen LogP contribution in [0.2, 0.25) is 0 Å². The highest BCUT2D eigenvalue weighted by molar-refractivity contribution is 5.72. The van der Waals surface area contributed by atoms with E-state index in [1.165, 1.54) is 32.1 Å². The standard InChI is InChI=1S/C41H69NO7/c1-6-8-10-12-14-15-16-17-18-19-20-21-22-23-24-26-27-29-31-39(43)48-36-37(35-47-34-33-38(41(45)46)42(3,4)5)49-40(44)32-30-28-25-13-11-9-7-2/h14-21,25,28,37-38H,6-13,22-24,26-27,29-36H2,1-5H3/p+1/b15-14+,17-16+,19-18+,21-20+,28-25+. The maximum Gasteiger partial charge on any atom is 0.362 e. The van der Waals surface area contributed by atoms with Gasteiger partial charge in [0.2, 0.25) is 0 Å². The minimum absolute atomic E-state index is 0.0346. The van der Waals surface area contributed by atoms with Gasteiger partial charge in [0.15, 0.2) is 12.1 Å². The van der Waals surface area contributed by atoms with Gasteiger partial charge in [-0.2, -0.15) is 0 Å². The summed E-state index contributed by atoms with van der Waals surface area (Å²) in [5.74, 6) is -1.58. The van der Waals surface area contributed by atoms with Gasteiger partial charge in [-0.05, 0) is 51.4 Å². The Bertz CT molecular complexity index is 990. The molecule has 280 valence electrons. The normalized spacial score (nSPS) is 13.7. The lowest BCUT2D eigenvalue weighted by molar-refractivity contribution is -0.887. The number of allylic oxidation sites excluding steroid dienone is 10. The van der Waals surface area contributed by atoms with E-state index in [9.17, 15) is 19.5 Å². The van der Waals surface area contributed by atoms with Crippen LogP contribution in [-0.2, 0) is 28.6 Å². The van der Waals surface area contributed by atoms with Crippen LogP contribution in [0.1, 0.15) is 129 Å². The Morgan fingerprint density at radius 2 is 1.14 bits per heavy atom. The van der Waals surface area contributed by atoms with E-state index in [0.717, 1.165) is 57.8 Å². The van der Waals surface area contributed by atoms with E-state index in [-0.39, 0.29) is 42.7 Å². The summed E-state index contributed by atoms with van der Waals surface area (Å²) in [6.07, 6.45) is 37.2. The Kier molecular flexibility index (Phi) is 30.3. The van der Waals surface area contributed by atoms with E-state index >= 15 is 0 Å². The number of carboxylic acid groups (broad SMARTS) is 1. The molecule has 0 aromatic carbocycles. The van der Waals surface area contributed by atoms with Crippen molar-refractivity contribution in [1.82, 2.24) is 0 Å². The van der Waals surface area contributed by atoms with Crippen molar-refractivity contribution >= 4 is 17.9 Å². The van der Waals surface area contributed by atoms with Crippen LogP contribution in [0.15, 0.2) is 60.8 Å². The minimum Gasteiger partial charge on any atom is -0.477 e. The average molecular weight is 689 g/mol. The summed E-state index contributed by atoms with van der Waals surface area (Å²) in [6, 6.07) is -0.623. The van der Waals surface area contributed by atoms with E-state index in [0.29, 0.717) is 19.3 Å². The van der Waals surface area contributed by atoms with Gasteiger partial charge >= 0.3 is 17.9 Å². The number of hydrogen-bond acceptors (Lipinski definition) is 6. The lowest BCUT2D eigenvalue weighted by atomic mass is 10.1. The van der Waals surface area contributed by atoms with Crippen LogP contribution in [0.25, 0.3) is 0 Å². The van der Waals surface area contributed by atoms with Crippen molar-refractivity contribution < 1.29 is 38.2 Å². The van der Waals surface area contributed by atoms with Crippen molar-refractivity contribution in [1.29, 1.82) is 0 Å². The number of likely N-dealkylation sites (N-methyl/N-ethyl adjacent to an activating group) is 1. The second kappa shape index (κ2) is 32.2. The number of aliphatic carboxylic acids is 1. The third-order valence-corrected chi connectivity index (χ3v) is 8.00. The van der Waals surface area contributed by atoms with Gasteiger partial charge in [-0.15, -0.1) is 0 Å². The maximum absolute atomic E-state index is 12.5. The molecule has 2 unspecified atom stereocenters. The lowest BCUT2D eigenvalue weighted by Crippen LogP contribution is -2.50. The fraction of sp³-hybridized carbons (Fsp3) is 0.683. The van der Waals surface area contributed by atoms with Crippen molar-refractivity contribution in [3.8, 4) is 0 Å². The highest BCUT2D eigenvalue weighted by Gasteiger charge is 2.31. The number of nitrogens with zero attached hydrogens (tertiary/aromatic N) is 1. The summed E-state index contributed by atoms with van der Waals surface area (Å²) in [4.78, 5) is 36.6. The zero-order valence-corrected chi connectivity index (χ0v) is 31.6. The SMILES string of the molecule is CCCCC/C=C/C=C/C=C/C=C/CCCCCCCC(=O)OCC(COCCC(C(=O)O)[N+](C)(C)C)OC(=O)CC/C=C/CCCCC. The van der Waals surface area contributed by atoms with Gasteiger partial charge in [-0.1, -0.05) is 120 Å². The third-order valence-electron chi connectivity index (χ3n) is 8.00. The molecule has 49 heavy (non-hydrogen) atoms. The molecule has 8 nitrogen and oxygen atoms in total. The van der Waals surface area contributed by atoms with Gasteiger partial charge in [-0.3, -0.25) is 9.59 Å². The van der Waals surface area contributed by atoms with Gasteiger partial charge in [-0.25, -0.2) is 4.79 Å². The molecule has 0 radical (unpaired) electrons. The second-order valence-corrected chi connectivity index (χ2v) is 13.6. The van der Waals surface area contributed by atoms with E-state index in [1.54, 1.807) is 0 Å². The fourth-order valence-electron chi connectivity index (χ4n) is 5.00. The highest BCUT2D eigenvalue weighted by Crippen LogP contribution is 2.11. The molecule has 0 heterocycles. The van der Waals surface area contributed by atoms with Crippen molar-refractivity contribution in [2.75, 3.05) is 41.0 Å². The Labute approximate surface area is 298 Å². The van der Waals surface area contributed by atoms with E-state index < -0.39 is 18.1 Å². The summed E-state index contributed by atoms with van der Waals surface area (Å²) >= 11 is 0. The number of unbranched alkanes of at least 4 members (excludes halogenated alkanes) is 11. The number of esters is 2. The van der Waals surface area contributed by atoms with Crippen LogP contribution >= 0.6 is 0 Å². The number of ether oxygens (including phenoxy) is 3. The van der Waals surface area contributed by atoms with Gasteiger partial charge < -0.3 is 23.8 Å². The van der Waals surface area contributed by atoms with E-state index in [4.69, 9.17) is 14.2 Å². The number of hydrogen-bond donors (Lipinski definition) is 1. The van der Waals surface area contributed by atoms with Gasteiger partial charge in [0.05, 0.1) is 34.4 Å². The Balaban J connectivity index is 4.41. The zero-order chi connectivity index (χ0) is 36.4. The first-order valence-electron chi connectivity index (χ1n) is 18.9. The molecule has 0 aliphatic heterocycles. The average Bonchev–Trinajstić information content (AvgIpc) is 3.05. The molecule has 0 saturated carbocycles. The van der Waals surface area contributed by atoms with Crippen LogP contribution in [0.4, 0.5) is 0 Å². The predicted molar refractivity (Wildman–Crippen MR) is 201 cm³/mol. The number of rotatable bonds is 32. The molecule has 8 heteroatoms. The number of carbonyl (C=O) groups is 3. The first kappa shape index (κ1) is 46.0. The molecule has 0 aromatic heterocycles. The van der Waals surface area contributed by atoms with Crippen molar-refractivity contribution in [3.05, 3.63) is 60.8 Å². The van der Waals surface area contributed by atoms with Crippen LogP contribution < -0.4 is 0 Å². The topological polar surface area (TPSA) is 99.1 Å². The predicted octanol–water partition coefficient (Wildman–Crippen LogP) is 9.46. The van der Waals surface area contributed by atoms with Crippen LogP contribution in [0, 0.1) is 0 Å². The molecule has 0 amide bonds. The molecule has 0 rings (SSSR count). The van der Waals surface area contributed by atoms with Crippen LogP contribution in [-0.4, -0.2) is 80.6 Å². The molecule has 2 atom stereocenters.